The second kappa shape index (κ2) is 5.19. The number of ether oxygens (including phenoxy) is 1. The summed E-state index contributed by atoms with van der Waals surface area (Å²) >= 11 is 0. The van der Waals surface area contributed by atoms with Crippen LogP contribution in [0, 0.1) is 0 Å². The van der Waals surface area contributed by atoms with Crippen LogP contribution in [0.1, 0.15) is 15.9 Å². The van der Waals surface area contributed by atoms with Crippen molar-refractivity contribution in [1.82, 2.24) is 4.90 Å². The number of nitrogens with zero attached hydrogens (tertiary/aromatic N) is 1. The van der Waals surface area contributed by atoms with E-state index in [1.54, 1.807) is 24.3 Å². The molecule has 19 heavy (non-hydrogen) atoms. The molecule has 100 valence electrons. The van der Waals surface area contributed by atoms with Gasteiger partial charge in [-0.3, -0.25) is 14.5 Å². The molecule has 1 aliphatic heterocycles. The van der Waals surface area contributed by atoms with E-state index in [9.17, 15) is 19.5 Å². The highest BCUT2D eigenvalue weighted by Gasteiger charge is 2.33. The summed E-state index contributed by atoms with van der Waals surface area (Å²) in [6.45, 7) is -0.390. The van der Waals surface area contributed by atoms with Gasteiger partial charge in [0.15, 0.2) is 6.10 Å². The van der Waals surface area contributed by atoms with Gasteiger partial charge in [-0.2, -0.15) is 0 Å². The third-order valence-electron chi connectivity index (χ3n) is 2.96. The lowest BCUT2D eigenvalue weighted by Gasteiger charge is -2.27. The van der Waals surface area contributed by atoms with Crippen molar-refractivity contribution in [3.63, 3.8) is 0 Å². The minimum atomic E-state index is -1.52. The molecular formula is C13H13NO5. The SMILES string of the molecule is COC(=O)C(O)CN1C(=O)Cc2ccccc2C1=O. The molecule has 0 spiro atoms. The van der Waals surface area contributed by atoms with E-state index in [1.165, 1.54) is 0 Å². The van der Waals surface area contributed by atoms with Crippen molar-refractivity contribution in [3.05, 3.63) is 35.4 Å². The monoisotopic (exact) mass is 263 g/mol. The van der Waals surface area contributed by atoms with Gasteiger partial charge >= 0.3 is 5.97 Å². The number of imide groups is 1. The number of benzene rings is 1. The average Bonchev–Trinajstić information content (AvgIpc) is 2.42. The number of β-amino-alcohol motifs (C(OH)–C–C–N with tert-alkyl or cyclic N) is 1. The quantitative estimate of drug-likeness (QED) is 0.600. The van der Waals surface area contributed by atoms with Crippen molar-refractivity contribution >= 4 is 17.8 Å². The van der Waals surface area contributed by atoms with Crippen LogP contribution in [0.15, 0.2) is 24.3 Å². The van der Waals surface area contributed by atoms with E-state index in [2.05, 4.69) is 4.74 Å². The van der Waals surface area contributed by atoms with E-state index in [-0.39, 0.29) is 6.42 Å². The van der Waals surface area contributed by atoms with Crippen LogP contribution < -0.4 is 0 Å². The third-order valence-corrected chi connectivity index (χ3v) is 2.96. The zero-order valence-corrected chi connectivity index (χ0v) is 10.3. The predicted octanol–water partition coefficient (Wildman–Crippen LogP) is -0.255. The number of aliphatic hydroxyl groups excluding tert-OH is 1. The van der Waals surface area contributed by atoms with Crippen LogP contribution in [-0.4, -0.2) is 47.5 Å². The van der Waals surface area contributed by atoms with Gasteiger partial charge in [0.1, 0.15) is 0 Å². The van der Waals surface area contributed by atoms with Crippen molar-refractivity contribution in [2.75, 3.05) is 13.7 Å². The maximum absolute atomic E-state index is 12.1. The number of rotatable bonds is 3. The normalized spacial score (nSPS) is 16.0. The van der Waals surface area contributed by atoms with Gasteiger partial charge in [0.25, 0.3) is 5.91 Å². The van der Waals surface area contributed by atoms with Crippen LogP contribution in [0.25, 0.3) is 0 Å². The van der Waals surface area contributed by atoms with E-state index in [0.717, 1.165) is 12.0 Å². The van der Waals surface area contributed by atoms with Crippen LogP contribution in [0.4, 0.5) is 0 Å². The molecular weight excluding hydrogens is 250 g/mol. The zero-order valence-electron chi connectivity index (χ0n) is 10.3. The number of hydrogen-bond acceptors (Lipinski definition) is 5. The van der Waals surface area contributed by atoms with E-state index >= 15 is 0 Å². The van der Waals surface area contributed by atoms with E-state index in [1.807, 2.05) is 0 Å². The predicted molar refractivity (Wildman–Crippen MR) is 64.2 cm³/mol. The Hall–Kier alpha value is -2.21. The number of methoxy groups -OCH3 is 1. The molecule has 1 atom stereocenters. The van der Waals surface area contributed by atoms with Crippen LogP contribution in [0.5, 0.6) is 0 Å². The summed E-state index contributed by atoms with van der Waals surface area (Å²) in [5, 5.41) is 9.53. The highest BCUT2D eigenvalue weighted by Crippen LogP contribution is 2.19. The molecule has 1 aromatic carbocycles. The molecule has 1 N–H and O–H groups in total. The number of fused-ring (bicyclic) bond motifs is 1. The van der Waals surface area contributed by atoms with Crippen LogP contribution in [-0.2, 0) is 20.7 Å². The van der Waals surface area contributed by atoms with Gasteiger partial charge in [0.2, 0.25) is 5.91 Å². The first-order valence-electron chi connectivity index (χ1n) is 5.73. The summed E-state index contributed by atoms with van der Waals surface area (Å²) in [7, 11) is 1.13. The number of hydrogen-bond donors (Lipinski definition) is 1. The Balaban J connectivity index is 2.22. The molecule has 0 aliphatic carbocycles. The Morgan fingerprint density at radius 3 is 2.79 bits per heavy atom. The van der Waals surface area contributed by atoms with Gasteiger partial charge in [0, 0.05) is 5.56 Å². The molecule has 0 saturated heterocycles. The number of carbonyl (C=O) groups is 3. The van der Waals surface area contributed by atoms with Crippen molar-refractivity contribution in [1.29, 1.82) is 0 Å². The minimum absolute atomic E-state index is 0.0792. The molecule has 0 bridgehead atoms. The Morgan fingerprint density at radius 2 is 2.11 bits per heavy atom. The fraction of sp³-hybridized carbons (Fsp3) is 0.308. The third kappa shape index (κ3) is 2.48. The molecule has 1 aromatic rings. The van der Waals surface area contributed by atoms with Gasteiger partial charge in [-0.25, -0.2) is 4.79 Å². The summed E-state index contributed by atoms with van der Waals surface area (Å²) in [6.07, 6.45) is -1.45. The van der Waals surface area contributed by atoms with E-state index in [4.69, 9.17) is 0 Å². The van der Waals surface area contributed by atoms with Gasteiger partial charge in [-0.05, 0) is 11.6 Å². The molecule has 1 aliphatic rings. The van der Waals surface area contributed by atoms with Crippen LogP contribution >= 0.6 is 0 Å². The molecule has 0 radical (unpaired) electrons. The fourth-order valence-corrected chi connectivity index (χ4v) is 1.97. The molecule has 0 saturated carbocycles. The highest BCUT2D eigenvalue weighted by molar-refractivity contribution is 6.09. The van der Waals surface area contributed by atoms with Gasteiger partial charge < -0.3 is 9.84 Å². The maximum atomic E-state index is 12.1. The molecule has 1 unspecified atom stereocenters. The maximum Gasteiger partial charge on any atom is 0.336 e. The van der Waals surface area contributed by atoms with E-state index < -0.39 is 30.4 Å². The number of amides is 2. The lowest BCUT2D eigenvalue weighted by atomic mass is 9.98. The van der Waals surface area contributed by atoms with Crippen LogP contribution in [0.3, 0.4) is 0 Å². The first kappa shape index (κ1) is 13.2. The summed E-state index contributed by atoms with van der Waals surface area (Å²) in [5.74, 6) is -1.82. The van der Waals surface area contributed by atoms with Crippen molar-refractivity contribution in [2.45, 2.75) is 12.5 Å². The summed E-state index contributed by atoms with van der Waals surface area (Å²) in [4.78, 5) is 36.0. The number of esters is 1. The Kier molecular flexibility index (Phi) is 3.62. The molecule has 2 amide bonds. The lowest BCUT2D eigenvalue weighted by molar-refractivity contribution is -0.151. The second-order valence-corrected chi connectivity index (χ2v) is 4.18. The Labute approximate surface area is 109 Å². The molecule has 0 aromatic heterocycles. The molecule has 6 nitrogen and oxygen atoms in total. The molecule has 0 fully saturated rings. The molecule has 2 rings (SSSR count). The second-order valence-electron chi connectivity index (χ2n) is 4.18. The van der Waals surface area contributed by atoms with Gasteiger partial charge in [-0.1, -0.05) is 18.2 Å². The largest absolute Gasteiger partial charge is 0.467 e. The van der Waals surface area contributed by atoms with Crippen molar-refractivity contribution < 1.29 is 24.2 Å². The topological polar surface area (TPSA) is 83.9 Å². The first-order chi connectivity index (χ1) is 9.04. The van der Waals surface area contributed by atoms with Crippen molar-refractivity contribution in [2.24, 2.45) is 0 Å². The summed E-state index contributed by atoms with van der Waals surface area (Å²) in [6, 6.07) is 6.76. The van der Waals surface area contributed by atoms with Crippen LogP contribution in [0.2, 0.25) is 0 Å². The Bertz CT molecular complexity index is 540. The fourth-order valence-electron chi connectivity index (χ4n) is 1.97. The van der Waals surface area contributed by atoms with Gasteiger partial charge in [-0.15, -0.1) is 0 Å². The highest BCUT2D eigenvalue weighted by atomic mass is 16.5. The smallest absolute Gasteiger partial charge is 0.336 e. The minimum Gasteiger partial charge on any atom is -0.467 e. The van der Waals surface area contributed by atoms with E-state index in [0.29, 0.717) is 11.1 Å². The number of carbonyl (C=O) groups excluding carboxylic acids is 3. The van der Waals surface area contributed by atoms with Gasteiger partial charge in [0.05, 0.1) is 20.1 Å². The summed E-state index contributed by atoms with van der Waals surface area (Å²) in [5.41, 5.74) is 1.07. The zero-order chi connectivity index (χ0) is 14.0. The summed E-state index contributed by atoms with van der Waals surface area (Å²) < 4.78 is 4.36. The Morgan fingerprint density at radius 1 is 1.42 bits per heavy atom. The average molecular weight is 263 g/mol. The van der Waals surface area contributed by atoms with Crippen molar-refractivity contribution in [3.8, 4) is 0 Å². The first-order valence-corrected chi connectivity index (χ1v) is 5.73. The number of aliphatic hydroxyl groups is 1. The molecule has 1 heterocycles. The standard InChI is InChI=1S/C13H13NO5/c1-19-13(18)10(15)7-14-11(16)6-8-4-2-3-5-9(8)12(14)17/h2-5,10,15H,6-7H2,1H3. The lowest BCUT2D eigenvalue weighted by Crippen LogP contribution is -2.47. The molecule has 6 heteroatoms.